The summed E-state index contributed by atoms with van der Waals surface area (Å²) in [4.78, 5) is 12.6. The van der Waals surface area contributed by atoms with Crippen LogP contribution in [0.5, 0.6) is 11.5 Å². The van der Waals surface area contributed by atoms with Gasteiger partial charge in [0.05, 0.1) is 7.11 Å². The maximum Gasteiger partial charge on any atom is 0.266 e. The highest BCUT2D eigenvalue weighted by Crippen LogP contribution is 2.26. The molecule has 31 heavy (non-hydrogen) atoms. The number of benzene rings is 3. The number of nitrogens with zero attached hydrogens (tertiary/aromatic N) is 1. The zero-order chi connectivity index (χ0) is 22.2. The minimum Gasteiger partial charge on any atom is -0.496 e. The fraction of sp³-hybridized carbons (Fsp3) is 0.0833. The van der Waals surface area contributed by atoms with Crippen molar-refractivity contribution in [3.05, 3.63) is 92.9 Å². The summed E-state index contributed by atoms with van der Waals surface area (Å²) in [6.45, 7) is 0.334. The van der Waals surface area contributed by atoms with Crippen LogP contribution in [-0.4, -0.2) is 13.0 Å². The van der Waals surface area contributed by atoms with E-state index < -0.39 is 5.91 Å². The number of hydrogen-bond acceptors (Lipinski definition) is 4. The standard InChI is InChI=1S/C24H18BrClN2O3/c1-30-23-11-6-19(25)13-17(23)12-18(14-27)24(29)28-20-7-9-21(10-8-20)31-15-16-4-2-3-5-22(16)26/h2-13H,15H2,1H3,(H,28,29)/b18-12+. The fourth-order valence-corrected chi connectivity index (χ4v) is 3.30. The first-order valence-electron chi connectivity index (χ1n) is 9.23. The van der Waals surface area contributed by atoms with Gasteiger partial charge >= 0.3 is 0 Å². The number of amides is 1. The topological polar surface area (TPSA) is 71.3 Å². The van der Waals surface area contributed by atoms with Gasteiger partial charge in [0.15, 0.2) is 0 Å². The maximum absolute atomic E-state index is 12.6. The lowest BCUT2D eigenvalue weighted by Gasteiger charge is -2.09. The average Bonchev–Trinajstić information content (AvgIpc) is 2.78. The van der Waals surface area contributed by atoms with Crippen LogP contribution in [0.15, 0.2) is 76.8 Å². The number of carbonyl (C=O) groups is 1. The fourth-order valence-electron chi connectivity index (χ4n) is 2.73. The molecule has 0 aliphatic rings. The molecular weight excluding hydrogens is 480 g/mol. The molecule has 0 unspecified atom stereocenters. The highest BCUT2D eigenvalue weighted by Gasteiger charge is 2.12. The lowest BCUT2D eigenvalue weighted by molar-refractivity contribution is -0.112. The lowest BCUT2D eigenvalue weighted by atomic mass is 10.1. The molecule has 0 heterocycles. The van der Waals surface area contributed by atoms with Crippen molar-refractivity contribution in [1.82, 2.24) is 0 Å². The number of anilines is 1. The number of hydrogen-bond donors (Lipinski definition) is 1. The van der Waals surface area contributed by atoms with Gasteiger partial charge in [0.25, 0.3) is 5.91 Å². The van der Waals surface area contributed by atoms with Gasteiger partial charge in [-0.2, -0.15) is 5.26 Å². The van der Waals surface area contributed by atoms with Crippen LogP contribution in [0.3, 0.4) is 0 Å². The third-order valence-corrected chi connectivity index (χ3v) is 5.18. The Morgan fingerprint density at radius 1 is 1.16 bits per heavy atom. The van der Waals surface area contributed by atoms with Gasteiger partial charge in [0.1, 0.15) is 29.7 Å². The van der Waals surface area contributed by atoms with E-state index in [4.69, 9.17) is 21.1 Å². The van der Waals surface area contributed by atoms with Gasteiger partial charge in [-0.25, -0.2) is 0 Å². The molecule has 0 fully saturated rings. The molecule has 0 radical (unpaired) electrons. The summed E-state index contributed by atoms with van der Waals surface area (Å²) in [5.74, 6) is 0.672. The Hall–Kier alpha value is -3.27. The van der Waals surface area contributed by atoms with Crippen LogP contribution >= 0.6 is 27.5 Å². The van der Waals surface area contributed by atoms with Gasteiger partial charge in [0, 0.05) is 26.3 Å². The van der Waals surface area contributed by atoms with E-state index in [2.05, 4.69) is 21.2 Å². The summed E-state index contributed by atoms with van der Waals surface area (Å²) in [7, 11) is 1.53. The summed E-state index contributed by atoms with van der Waals surface area (Å²) in [6, 6.07) is 21.6. The minimum absolute atomic E-state index is 0.0459. The zero-order valence-corrected chi connectivity index (χ0v) is 18.9. The van der Waals surface area contributed by atoms with Gasteiger partial charge in [0.2, 0.25) is 0 Å². The average molecular weight is 498 g/mol. The van der Waals surface area contributed by atoms with Crippen molar-refractivity contribution in [2.24, 2.45) is 0 Å². The van der Waals surface area contributed by atoms with Crippen LogP contribution in [0.2, 0.25) is 5.02 Å². The number of ether oxygens (including phenoxy) is 2. The molecular formula is C24H18BrClN2O3. The van der Waals surface area contributed by atoms with E-state index in [0.29, 0.717) is 34.4 Å². The number of carbonyl (C=O) groups excluding carboxylic acids is 1. The molecule has 156 valence electrons. The highest BCUT2D eigenvalue weighted by atomic mass is 79.9. The second-order valence-electron chi connectivity index (χ2n) is 6.41. The first kappa shape index (κ1) is 22.4. The van der Waals surface area contributed by atoms with E-state index >= 15 is 0 Å². The molecule has 0 aliphatic carbocycles. The van der Waals surface area contributed by atoms with Crippen LogP contribution in [-0.2, 0) is 11.4 Å². The Labute approximate surface area is 194 Å². The molecule has 3 aromatic carbocycles. The SMILES string of the molecule is COc1ccc(Br)cc1/C=C(\C#N)C(=O)Nc1ccc(OCc2ccccc2Cl)cc1. The van der Waals surface area contributed by atoms with E-state index in [1.54, 1.807) is 36.4 Å². The predicted octanol–water partition coefficient (Wildman–Crippen LogP) is 6.24. The molecule has 0 atom stereocenters. The van der Waals surface area contributed by atoms with Crippen molar-refractivity contribution in [3.63, 3.8) is 0 Å². The molecule has 7 heteroatoms. The molecule has 0 aliphatic heterocycles. The van der Waals surface area contributed by atoms with E-state index in [9.17, 15) is 10.1 Å². The van der Waals surface area contributed by atoms with E-state index in [1.807, 2.05) is 36.4 Å². The molecule has 1 amide bonds. The molecule has 0 spiro atoms. The van der Waals surface area contributed by atoms with Crippen molar-refractivity contribution in [3.8, 4) is 17.6 Å². The summed E-state index contributed by atoms with van der Waals surface area (Å²) >= 11 is 9.51. The Morgan fingerprint density at radius 3 is 2.58 bits per heavy atom. The minimum atomic E-state index is -0.519. The third-order valence-electron chi connectivity index (χ3n) is 4.32. The molecule has 3 aromatic rings. The summed E-state index contributed by atoms with van der Waals surface area (Å²) < 4.78 is 11.8. The van der Waals surface area contributed by atoms with Crippen molar-refractivity contribution >= 4 is 45.2 Å². The van der Waals surface area contributed by atoms with Crippen molar-refractivity contribution in [2.75, 3.05) is 12.4 Å². The van der Waals surface area contributed by atoms with Gasteiger partial charge in [-0.05, 0) is 54.6 Å². The van der Waals surface area contributed by atoms with Gasteiger partial charge in [-0.3, -0.25) is 4.79 Å². The van der Waals surface area contributed by atoms with Crippen LogP contribution in [0.4, 0.5) is 5.69 Å². The van der Waals surface area contributed by atoms with E-state index in [0.717, 1.165) is 10.0 Å². The molecule has 1 N–H and O–H groups in total. The second-order valence-corrected chi connectivity index (χ2v) is 7.74. The molecule has 0 aromatic heterocycles. The summed E-state index contributed by atoms with van der Waals surface area (Å²) in [5, 5.41) is 12.8. The summed E-state index contributed by atoms with van der Waals surface area (Å²) in [6.07, 6.45) is 1.49. The predicted molar refractivity (Wildman–Crippen MR) is 125 cm³/mol. The molecule has 5 nitrogen and oxygen atoms in total. The third kappa shape index (κ3) is 6.11. The highest BCUT2D eigenvalue weighted by molar-refractivity contribution is 9.10. The largest absolute Gasteiger partial charge is 0.496 e. The van der Waals surface area contributed by atoms with Crippen LogP contribution in [0.25, 0.3) is 6.08 Å². The van der Waals surface area contributed by atoms with E-state index in [-0.39, 0.29) is 5.57 Å². The van der Waals surface area contributed by atoms with E-state index in [1.165, 1.54) is 13.2 Å². The van der Waals surface area contributed by atoms with Crippen LogP contribution < -0.4 is 14.8 Å². The second kappa shape index (κ2) is 10.7. The van der Waals surface area contributed by atoms with Crippen molar-refractivity contribution in [2.45, 2.75) is 6.61 Å². The van der Waals surface area contributed by atoms with Gasteiger partial charge < -0.3 is 14.8 Å². The Balaban J connectivity index is 1.67. The Kier molecular flexibility index (Phi) is 7.71. The monoisotopic (exact) mass is 496 g/mol. The molecule has 0 bridgehead atoms. The zero-order valence-electron chi connectivity index (χ0n) is 16.6. The first-order chi connectivity index (χ1) is 15.0. The number of nitrogens with one attached hydrogen (secondary N) is 1. The van der Waals surface area contributed by atoms with Gasteiger partial charge in [-0.1, -0.05) is 45.7 Å². The molecule has 3 rings (SSSR count). The smallest absolute Gasteiger partial charge is 0.266 e. The van der Waals surface area contributed by atoms with Gasteiger partial charge in [-0.15, -0.1) is 0 Å². The van der Waals surface area contributed by atoms with Crippen molar-refractivity contribution in [1.29, 1.82) is 5.26 Å². The lowest BCUT2D eigenvalue weighted by Crippen LogP contribution is -2.13. The number of halogens is 2. The first-order valence-corrected chi connectivity index (χ1v) is 10.4. The molecule has 0 saturated carbocycles. The number of methoxy groups -OCH3 is 1. The number of nitriles is 1. The summed E-state index contributed by atoms with van der Waals surface area (Å²) in [5.41, 5.74) is 1.99. The van der Waals surface area contributed by atoms with Crippen molar-refractivity contribution < 1.29 is 14.3 Å². The normalized spacial score (nSPS) is 10.8. The molecule has 0 saturated heterocycles. The maximum atomic E-state index is 12.6. The quantitative estimate of drug-likeness (QED) is 0.310. The van der Waals surface area contributed by atoms with Crippen LogP contribution in [0, 0.1) is 11.3 Å². The number of rotatable bonds is 7. The Bertz CT molecular complexity index is 1150. The Morgan fingerprint density at radius 2 is 1.90 bits per heavy atom. The van der Waals surface area contributed by atoms with Crippen LogP contribution in [0.1, 0.15) is 11.1 Å².